The van der Waals surface area contributed by atoms with E-state index in [4.69, 9.17) is 0 Å². The second-order valence-corrected chi connectivity index (χ2v) is 8.33. The van der Waals surface area contributed by atoms with Crippen LogP contribution in [0.2, 0.25) is 0 Å². The van der Waals surface area contributed by atoms with Crippen LogP contribution in [-0.2, 0) is 0 Å². The van der Waals surface area contributed by atoms with Gasteiger partial charge >= 0.3 is 0 Å². The number of unbranched alkanes of at least 4 members (excludes halogenated alkanes) is 1. The Balaban J connectivity index is 0.000000690. The molecule has 0 bridgehead atoms. The van der Waals surface area contributed by atoms with Crippen molar-refractivity contribution < 1.29 is 0 Å². The molecule has 0 aromatic rings. The first-order valence-corrected chi connectivity index (χ1v) is 9.83. The molecule has 5 unspecified atom stereocenters. The lowest BCUT2D eigenvalue weighted by atomic mass is 9.77. The summed E-state index contributed by atoms with van der Waals surface area (Å²) in [6.45, 7) is 18.9. The van der Waals surface area contributed by atoms with E-state index in [9.17, 15) is 0 Å². The molecule has 0 radical (unpaired) electrons. The highest BCUT2D eigenvalue weighted by atomic mass is 14.3. The van der Waals surface area contributed by atoms with E-state index in [2.05, 4.69) is 55.4 Å². The van der Waals surface area contributed by atoms with Gasteiger partial charge in [-0.05, 0) is 48.3 Å². The van der Waals surface area contributed by atoms with Gasteiger partial charge in [-0.15, -0.1) is 0 Å². The lowest BCUT2D eigenvalue weighted by molar-refractivity contribution is 0.218. The highest BCUT2D eigenvalue weighted by Crippen LogP contribution is 2.39. The lowest BCUT2D eigenvalue weighted by Gasteiger charge is -2.28. The lowest BCUT2D eigenvalue weighted by Crippen LogP contribution is -2.19. The SMILES string of the molecule is CCC(C)C.CCCCC(C)C1CCC(C)C(C)CC1C. The fourth-order valence-corrected chi connectivity index (χ4v) is 3.60. The summed E-state index contributed by atoms with van der Waals surface area (Å²) < 4.78 is 0. The Hall–Kier alpha value is 0. The smallest absolute Gasteiger partial charge is 0.0362 e. The van der Waals surface area contributed by atoms with Crippen molar-refractivity contribution in [2.24, 2.45) is 35.5 Å². The van der Waals surface area contributed by atoms with Crippen molar-refractivity contribution in [2.45, 2.75) is 100 Å². The van der Waals surface area contributed by atoms with Gasteiger partial charge in [0.2, 0.25) is 0 Å². The van der Waals surface area contributed by atoms with Crippen molar-refractivity contribution >= 4 is 0 Å². The van der Waals surface area contributed by atoms with E-state index in [1.54, 1.807) is 0 Å². The fourth-order valence-electron chi connectivity index (χ4n) is 3.60. The second-order valence-electron chi connectivity index (χ2n) is 8.33. The van der Waals surface area contributed by atoms with E-state index in [0.717, 1.165) is 35.5 Å². The molecule has 5 atom stereocenters. The van der Waals surface area contributed by atoms with Crippen LogP contribution in [-0.4, -0.2) is 0 Å². The highest BCUT2D eigenvalue weighted by Gasteiger charge is 2.29. The summed E-state index contributed by atoms with van der Waals surface area (Å²) in [4.78, 5) is 0. The van der Waals surface area contributed by atoms with Crippen LogP contribution in [0.1, 0.15) is 100 Å². The third-order valence-electron chi connectivity index (χ3n) is 5.96. The van der Waals surface area contributed by atoms with Crippen LogP contribution in [0.4, 0.5) is 0 Å². The normalized spacial score (nSPS) is 31.3. The maximum Gasteiger partial charge on any atom is -0.0362 e. The third kappa shape index (κ3) is 8.89. The summed E-state index contributed by atoms with van der Waals surface area (Å²) in [5, 5.41) is 0. The van der Waals surface area contributed by atoms with Crippen molar-refractivity contribution in [1.82, 2.24) is 0 Å². The van der Waals surface area contributed by atoms with Gasteiger partial charge < -0.3 is 0 Å². The van der Waals surface area contributed by atoms with Crippen LogP contribution in [0.15, 0.2) is 0 Å². The summed E-state index contributed by atoms with van der Waals surface area (Å²) in [5.74, 6) is 5.68. The zero-order valence-corrected chi connectivity index (χ0v) is 16.4. The third-order valence-corrected chi connectivity index (χ3v) is 5.96. The molecular weight excluding hydrogens is 252 g/mol. The largest absolute Gasteiger partial charge is 0.0654 e. The van der Waals surface area contributed by atoms with Crippen molar-refractivity contribution in [3.63, 3.8) is 0 Å². The number of rotatable bonds is 5. The Kier molecular flexibility index (Phi) is 11.6. The average molecular weight is 297 g/mol. The standard InChI is InChI=1S/C16H32.C5H12/c1-6-7-8-13(3)16-10-9-12(2)14(4)11-15(16)5;1-4-5(2)3/h12-16H,6-11H2,1-5H3;5H,4H2,1-3H3. The minimum absolute atomic E-state index is 0.884. The minimum atomic E-state index is 0.884. The van der Waals surface area contributed by atoms with Gasteiger partial charge in [0.1, 0.15) is 0 Å². The van der Waals surface area contributed by atoms with E-state index >= 15 is 0 Å². The molecule has 21 heavy (non-hydrogen) atoms. The van der Waals surface area contributed by atoms with Crippen LogP contribution in [0.3, 0.4) is 0 Å². The molecule has 1 aliphatic rings. The second kappa shape index (κ2) is 11.6. The Labute approximate surface area is 136 Å². The van der Waals surface area contributed by atoms with Crippen molar-refractivity contribution in [2.75, 3.05) is 0 Å². The molecule has 0 aromatic carbocycles. The summed E-state index contributed by atoms with van der Waals surface area (Å²) >= 11 is 0. The molecule has 0 spiro atoms. The molecule has 1 rings (SSSR count). The fraction of sp³-hybridized carbons (Fsp3) is 1.00. The average Bonchev–Trinajstić information content (AvgIpc) is 2.56. The van der Waals surface area contributed by atoms with Crippen LogP contribution >= 0.6 is 0 Å². The van der Waals surface area contributed by atoms with Gasteiger partial charge in [-0.1, -0.05) is 87.5 Å². The van der Waals surface area contributed by atoms with Crippen LogP contribution < -0.4 is 0 Å². The number of hydrogen-bond donors (Lipinski definition) is 0. The van der Waals surface area contributed by atoms with E-state index < -0.39 is 0 Å². The van der Waals surface area contributed by atoms with Gasteiger partial charge in [-0.2, -0.15) is 0 Å². The number of hydrogen-bond acceptors (Lipinski definition) is 0. The Bertz CT molecular complexity index is 230. The van der Waals surface area contributed by atoms with Crippen molar-refractivity contribution in [3.05, 3.63) is 0 Å². The Morgan fingerprint density at radius 2 is 1.43 bits per heavy atom. The van der Waals surface area contributed by atoms with Crippen molar-refractivity contribution in [3.8, 4) is 0 Å². The molecule has 0 aliphatic heterocycles. The van der Waals surface area contributed by atoms with Gasteiger partial charge in [-0.25, -0.2) is 0 Å². The summed E-state index contributed by atoms with van der Waals surface area (Å²) in [6.07, 6.45) is 9.95. The first-order valence-electron chi connectivity index (χ1n) is 9.83. The summed E-state index contributed by atoms with van der Waals surface area (Å²) in [6, 6.07) is 0. The highest BCUT2D eigenvalue weighted by molar-refractivity contribution is 4.80. The van der Waals surface area contributed by atoms with Crippen molar-refractivity contribution in [1.29, 1.82) is 0 Å². The monoisotopic (exact) mass is 296 g/mol. The summed E-state index contributed by atoms with van der Waals surface area (Å²) in [7, 11) is 0. The Morgan fingerprint density at radius 3 is 1.90 bits per heavy atom. The summed E-state index contributed by atoms with van der Waals surface area (Å²) in [5.41, 5.74) is 0. The molecule has 0 nitrogen and oxygen atoms in total. The van der Waals surface area contributed by atoms with Crippen LogP contribution in [0, 0.1) is 35.5 Å². The van der Waals surface area contributed by atoms with Gasteiger partial charge in [-0.3, -0.25) is 0 Å². The van der Waals surface area contributed by atoms with Gasteiger partial charge in [0, 0.05) is 0 Å². The molecule has 0 saturated heterocycles. The molecule has 1 aliphatic carbocycles. The molecule has 0 heterocycles. The molecule has 1 fully saturated rings. The maximum atomic E-state index is 2.50. The molecule has 0 aromatic heterocycles. The topological polar surface area (TPSA) is 0 Å². The van der Waals surface area contributed by atoms with Crippen LogP contribution in [0.25, 0.3) is 0 Å². The van der Waals surface area contributed by atoms with Gasteiger partial charge in [0.15, 0.2) is 0 Å². The Morgan fingerprint density at radius 1 is 0.857 bits per heavy atom. The molecular formula is C21H44. The molecule has 1 saturated carbocycles. The van der Waals surface area contributed by atoms with Gasteiger partial charge in [0.25, 0.3) is 0 Å². The molecule has 0 amide bonds. The van der Waals surface area contributed by atoms with Gasteiger partial charge in [0.05, 0.1) is 0 Å². The van der Waals surface area contributed by atoms with E-state index in [1.165, 1.54) is 44.9 Å². The molecule has 0 heteroatoms. The van der Waals surface area contributed by atoms with E-state index in [0.29, 0.717) is 0 Å². The predicted molar refractivity (Wildman–Crippen MR) is 98.7 cm³/mol. The van der Waals surface area contributed by atoms with Crippen LogP contribution in [0.5, 0.6) is 0 Å². The first kappa shape index (κ1) is 21.0. The maximum absolute atomic E-state index is 2.50. The zero-order valence-electron chi connectivity index (χ0n) is 16.4. The molecule has 0 N–H and O–H groups in total. The van der Waals surface area contributed by atoms with E-state index in [-0.39, 0.29) is 0 Å². The quantitative estimate of drug-likeness (QED) is 0.459. The van der Waals surface area contributed by atoms with E-state index in [1.807, 2.05) is 0 Å². The molecule has 128 valence electrons. The zero-order chi connectivity index (χ0) is 16.4. The minimum Gasteiger partial charge on any atom is -0.0654 e. The first-order chi connectivity index (χ1) is 9.83. The predicted octanol–water partition coefficient (Wildman–Crippen LogP) is 7.57.